The molecule has 1 heterocycles. The zero-order valence-corrected chi connectivity index (χ0v) is 14.9. The molecule has 3 N–H and O–H groups in total. The maximum Gasteiger partial charge on any atom is 0.257 e. The number of nitrogens with one attached hydrogen (secondary N) is 3. The number of aromatic nitrogens is 2. The fourth-order valence-electron chi connectivity index (χ4n) is 2.69. The Bertz CT molecular complexity index is 956. The molecular formula is C20H20N4O2. The molecule has 0 saturated carbocycles. The van der Waals surface area contributed by atoms with Crippen molar-refractivity contribution in [3.8, 4) is 0 Å². The number of hydrogen-bond donors (Lipinski definition) is 3. The molecule has 0 aliphatic heterocycles. The lowest BCUT2D eigenvalue weighted by Crippen LogP contribution is -2.18. The van der Waals surface area contributed by atoms with Gasteiger partial charge in [-0.2, -0.15) is 5.10 Å². The summed E-state index contributed by atoms with van der Waals surface area (Å²) in [5.41, 5.74) is 4.50. The van der Waals surface area contributed by atoms with Crippen LogP contribution >= 0.6 is 0 Å². The fourth-order valence-corrected chi connectivity index (χ4v) is 2.69. The average molecular weight is 348 g/mol. The summed E-state index contributed by atoms with van der Waals surface area (Å²) in [6, 6.07) is 14.2. The molecule has 6 heteroatoms. The highest BCUT2D eigenvalue weighted by Gasteiger charge is 2.16. The number of hydrogen-bond acceptors (Lipinski definition) is 3. The average Bonchev–Trinajstić information content (AvgIpc) is 2.94. The Kier molecular flexibility index (Phi) is 4.84. The minimum Gasteiger partial charge on any atom is -0.321 e. The van der Waals surface area contributed by atoms with Gasteiger partial charge in [0.05, 0.1) is 28.3 Å². The minimum absolute atomic E-state index is 0.260. The molecule has 0 atom stereocenters. The smallest absolute Gasteiger partial charge is 0.257 e. The van der Waals surface area contributed by atoms with Crippen molar-refractivity contribution in [1.29, 1.82) is 0 Å². The van der Waals surface area contributed by atoms with E-state index >= 15 is 0 Å². The molecule has 0 saturated heterocycles. The van der Waals surface area contributed by atoms with Crippen molar-refractivity contribution in [2.75, 3.05) is 10.6 Å². The molecule has 3 rings (SSSR count). The van der Waals surface area contributed by atoms with Crippen LogP contribution in [0.25, 0.3) is 0 Å². The van der Waals surface area contributed by atoms with Gasteiger partial charge in [0.1, 0.15) is 0 Å². The third kappa shape index (κ3) is 3.64. The normalized spacial score (nSPS) is 10.4. The predicted molar refractivity (Wildman–Crippen MR) is 102 cm³/mol. The Morgan fingerprint density at radius 1 is 0.923 bits per heavy atom. The first-order valence-corrected chi connectivity index (χ1v) is 8.25. The highest BCUT2D eigenvalue weighted by molar-refractivity contribution is 6.12. The second kappa shape index (κ2) is 7.23. The van der Waals surface area contributed by atoms with Gasteiger partial charge in [-0.15, -0.1) is 0 Å². The number of carbonyl (C=O) groups excluding carboxylic acids is 2. The maximum absolute atomic E-state index is 12.7. The zero-order chi connectivity index (χ0) is 18.7. The van der Waals surface area contributed by atoms with Crippen molar-refractivity contribution in [2.45, 2.75) is 20.8 Å². The molecule has 0 spiro atoms. The van der Waals surface area contributed by atoms with Crippen molar-refractivity contribution in [3.63, 3.8) is 0 Å². The minimum atomic E-state index is -0.308. The van der Waals surface area contributed by atoms with E-state index in [-0.39, 0.29) is 11.8 Å². The molecule has 0 fully saturated rings. The van der Waals surface area contributed by atoms with Gasteiger partial charge in [0.25, 0.3) is 11.8 Å². The number of rotatable bonds is 4. The molecule has 26 heavy (non-hydrogen) atoms. The number of anilines is 2. The highest BCUT2D eigenvalue weighted by Crippen LogP contribution is 2.21. The van der Waals surface area contributed by atoms with Crippen molar-refractivity contribution < 1.29 is 9.59 Å². The first-order valence-electron chi connectivity index (χ1n) is 8.25. The Morgan fingerprint density at radius 3 is 2.38 bits per heavy atom. The van der Waals surface area contributed by atoms with Crippen LogP contribution in [0.1, 0.15) is 37.7 Å². The molecule has 132 valence electrons. The SMILES string of the molecule is Cc1cccc(C(=O)Nc2ccccc2C(=O)Nc2c(C)n[nH]c2C)c1. The van der Waals surface area contributed by atoms with E-state index in [2.05, 4.69) is 20.8 Å². The summed E-state index contributed by atoms with van der Waals surface area (Å²) in [4.78, 5) is 25.2. The summed E-state index contributed by atoms with van der Waals surface area (Å²) in [7, 11) is 0. The van der Waals surface area contributed by atoms with E-state index in [9.17, 15) is 9.59 Å². The largest absolute Gasteiger partial charge is 0.321 e. The Morgan fingerprint density at radius 2 is 1.69 bits per heavy atom. The number of para-hydroxylation sites is 1. The van der Waals surface area contributed by atoms with E-state index < -0.39 is 0 Å². The summed E-state index contributed by atoms with van der Waals surface area (Å²) >= 11 is 0. The lowest BCUT2D eigenvalue weighted by Gasteiger charge is -2.12. The van der Waals surface area contributed by atoms with Gasteiger partial charge in [0.2, 0.25) is 0 Å². The third-order valence-corrected chi connectivity index (χ3v) is 4.07. The van der Waals surface area contributed by atoms with E-state index in [4.69, 9.17) is 0 Å². The zero-order valence-electron chi connectivity index (χ0n) is 14.9. The van der Waals surface area contributed by atoms with Gasteiger partial charge >= 0.3 is 0 Å². The first kappa shape index (κ1) is 17.4. The van der Waals surface area contributed by atoms with Gasteiger partial charge < -0.3 is 10.6 Å². The number of benzene rings is 2. The van der Waals surface area contributed by atoms with E-state index in [0.717, 1.165) is 11.3 Å². The third-order valence-electron chi connectivity index (χ3n) is 4.07. The molecule has 1 aromatic heterocycles. The molecule has 0 bridgehead atoms. The van der Waals surface area contributed by atoms with E-state index in [1.54, 1.807) is 36.4 Å². The lowest BCUT2D eigenvalue weighted by molar-refractivity contribution is 0.102. The molecule has 2 aromatic carbocycles. The predicted octanol–water partition coefficient (Wildman–Crippen LogP) is 3.84. The molecule has 6 nitrogen and oxygen atoms in total. The van der Waals surface area contributed by atoms with Gasteiger partial charge in [-0.3, -0.25) is 14.7 Å². The number of carbonyl (C=O) groups is 2. The number of nitrogens with zero attached hydrogens (tertiary/aromatic N) is 1. The molecule has 0 aliphatic rings. The number of amides is 2. The summed E-state index contributed by atoms with van der Waals surface area (Å²) in [5, 5.41) is 12.6. The first-order chi connectivity index (χ1) is 12.5. The van der Waals surface area contributed by atoms with E-state index in [1.807, 2.05) is 32.9 Å². The van der Waals surface area contributed by atoms with Crippen LogP contribution in [0.4, 0.5) is 11.4 Å². The van der Waals surface area contributed by atoms with Gasteiger partial charge in [0, 0.05) is 5.56 Å². The molecule has 0 aliphatic carbocycles. The molecule has 3 aromatic rings. The van der Waals surface area contributed by atoms with Gasteiger partial charge in [-0.1, -0.05) is 29.8 Å². The van der Waals surface area contributed by atoms with Gasteiger partial charge in [-0.05, 0) is 45.0 Å². The van der Waals surface area contributed by atoms with Crippen LogP contribution in [0.15, 0.2) is 48.5 Å². The topological polar surface area (TPSA) is 86.9 Å². The van der Waals surface area contributed by atoms with Crippen LogP contribution in [0, 0.1) is 20.8 Å². The van der Waals surface area contributed by atoms with Crippen LogP contribution in [-0.4, -0.2) is 22.0 Å². The summed E-state index contributed by atoms with van der Waals surface area (Å²) in [6.45, 7) is 5.57. The summed E-state index contributed by atoms with van der Waals surface area (Å²) in [5.74, 6) is -0.567. The highest BCUT2D eigenvalue weighted by atomic mass is 16.2. The van der Waals surface area contributed by atoms with Crippen molar-refractivity contribution >= 4 is 23.2 Å². The van der Waals surface area contributed by atoms with Crippen LogP contribution in [0.5, 0.6) is 0 Å². The molecule has 0 unspecified atom stereocenters. The quantitative estimate of drug-likeness (QED) is 0.669. The van der Waals surface area contributed by atoms with Crippen LogP contribution in [-0.2, 0) is 0 Å². The Hall–Kier alpha value is -3.41. The van der Waals surface area contributed by atoms with E-state index in [1.165, 1.54) is 0 Å². The maximum atomic E-state index is 12.7. The standard InChI is InChI=1S/C20H20N4O2/c1-12-7-6-8-15(11-12)19(25)21-17-10-5-4-9-16(17)20(26)22-18-13(2)23-24-14(18)3/h4-11H,1-3H3,(H,21,25)(H,22,26)(H,23,24). The number of aromatic amines is 1. The number of H-pyrrole nitrogens is 1. The second-order valence-electron chi connectivity index (χ2n) is 6.13. The van der Waals surface area contributed by atoms with Crippen molar-refractivity contribution in [3.05, 3.63) is 76.6 Å². The summed E-state index contributed by atoms with van der Waals surface area (Å²) in [6.07, 6.45) is 0. The summed E-state index contributed by atoms with van der Waals surface area (Å²) < 4.78 is 0. The van der Waals surface area contributed by atoms with Gasteiger partial charge in [0.15, 0.2) is 0 Å². The Balaban J connectivity index is 1.84. The van der Waals surface area contributed by atoms with Crippen LogP contribution in [0.2, 0.25) is 0 Å². The van der Waals surface area contributed by atoms with E-state index in [0.29, 0.717) is 28.2 Å². The molecular weight excluding hydrogens is 328 g/mol. The number of aryl methyl sites for hydroxylation is 3. The monoisotopic (exact) mass is 348 g/mol. The molecule has 0 radical (unpaired) electrons. The van der Waals surface area contributed by atoms with Crippen LogP contribution in [0.3, 0.4) is 0 Å². The van der Waals surface area contributed by atoms with Crippen molar-refractivity contribution in [1.82, 2.24) is 10.2 Å². The lowest BCUT2D eigenvalue weighted by atomic mass is 10.1. The fraction of sp³-hybridized carbons (Fsp3) is 0.150. The Labute approximate surface area is 151 Å². The second-order valence-corrected chi connectivity index (χ2v) is 6.13. The molecule has 2 amide bonds. The van der Waals surface area contributed by atoms with Gasteiger partial charge in [-0.25, -0.2) is 0 Å². The van der Waals surface area contributed by atoms with Crippen LogP contribution < -0.4 is 10.6 Å². The van der Waals surface area contributed by atoms with Crippen molar-refractivity contribution in [2.24, 2.45) is 0 Å².